The number of likely N-dealkylation sites (tertiary alicyclic amines) is 1. The number of aromatic nitrogens is 2. The first kappa shape index (κ1) is 31.3. The Morgan fingerprint density at radius 3 is 2.60 bits per heavy atom. The zero-order valence-corrected chi connectivity index (χ0v) is 26.2. The molecule has 0 N–H and O–H groups in total. The Bertz CT molecular complexity index is 1670. The van der Waals surface area contributed by atoms with E-state index in [4.69, 9.17) is 49.8 Å². The molecule has 45 heavy (non-hydrogen) atoms. The third-order valence-electron chi connectivity index (χ3n) is 9.18. The lowest BCUT2D eigenvalue weighted by atomic mass is 9.69. The van der Waals surface area contributed by atoms with Gasteiger partial charge in [-0.15, -0.1) is 0 Å². The van der Waals surface area contributed by atoms with Gasteiger partial charge in [-0.25, -0.2) is 0 Å². The van der Waals surface area contributed by atoms with Gasteiger partial charge in [-0.2, -0.15) is 20.6 Å². The lowest BCUT2D eigenvalue weighted by molar-refractivity contribution is -0.129. The molecule has 0 aliphatic carbocycles. The Labute approximate surface area is 273 Å². The first-order valence-electron chi connectivity index (χ1n) is 15.3. The second kappa shape index (κ2) is 13.4. The number of likely N-dealkylation sites (N-methyl/N-ethyl adjacent to an activating group) is 1. The van der Waals surface area contributed by atoms with Crippen LogP contribution in [-0.4, -0.2) is 108 Å². The first-order chi connectivity index (χ1) is 21.7. The van der Waals surface area contributed by atoms with Gasteiger partial charge in [0.15, 0.2) is 0 Å². The molecular weight excluding hydrogens is 582 g/mol. The van der Waals surface area contributed by atoms with Gasteiger partial charge in [0.25, 0.3) is 0 Å². The second-order valence-corrected chi connectivity index (χ2v) is 12.4. The largest absolute Gasteiger partial charge is 0.462 e. The number of piperazine rings is 1. The predicted molar refractivity (Wildman–Crippen MR) is 179 cm³/mol. The van der Waals surface area contributed by atoms with Gasteiger partial charge < -0.3 is 24.3 Å². The van der Waals surface area contributed by atoms with Crippen LogP contribution in [0.25, 0.3) is 10.8 Å². The van der Waals surface area contributed by atoms with Crippen molar-refractivity contribution in [2.75, 3.05) is 56.2 Å². The molecule has 0 saturated carbocycles. The molecule has 2 aromatic carbocycles. The van der Waals surface area contributed by atoms with Crippen molar-refractivity contribution in [3.8, 4) is 12.1 Å². The number of carbonyl (C=O) groups excluding carboxylic acids is 1. The zero-order chi connectivity index (χ0) is 31.7. The molecule has 3 aliphatic heterocycles. The highest BCUT2D eigenvalue weighted by Gasteiger charge is 2.34. The molecule has 3 aliphatic rings. The van der Waals surface area contributed by atoms with Crippen LogP contribution >= 0.6 is 11.6 Å². The van der Waals surface area contributed by atoms with Gasteiger partial charge in [0, 0.05) is 48.9 Å². The Morgan fingerprint density at radius 2 is 1.87 bits per heavy atom. The van der Waals surface area contributed by atoms with E-state index in [0.29, 0.717) is 56.3 Å². The summed E-state index contributed by atoms with van der Waals surface area (Å²) in [5.74, 6) is 0.316. The van der Waals surface area contributed by atoms with Crippen molar-refractivity contribution in [1.29, 1.82) is 5.26 Å². The Hall–Kier alpha value is -3.68. The summed E-state index contributed by atoms with van der Waals surface area (Å²) >= 11 is 6.70. The number of fused-ring (bicyclic) bond motifs is 2. The summed E-state index contributed by atoms with van der Waals surface area (Å²) < 4.78 is 6.28. The molecule has 0 spiro atoms. The molecular formula is C32H33B3ClN7O2. The highest BCUT2D eigenvalue weighted by Crippen LogP contribution is 2.37. The summed E-state index contributed by atoms with van der Waals surface area (Å²) in [5.41, 5.74) is 2.80. The molecule has 2 atom stereocenters. The number of anilines is 2. The number of halogens is 1. The molecule has 0 bridgehead atoms. The fourth-order valence-corrected chi connectivity index (χ4v) is 6.97. The van der Waals surface area contributed by atoms with Crippen LogP contribution in [0.15, 0.2) is 47.2 Å². The van der Waals surface area contributed by atoms with E-state index in [1.165, 1.54) is 0 Å². The summed E-state index contributed by atoms with van der Waals surface area (Å²) in [6, 6.07) is 14.6. The van der Waals surface area contributed by atoms with Crippen molar-refractivity contribution in [3.05, 3.63) is 63.5 Å². The SMILES string of the molecule is [B]C([B])=C([B])C(=O)N1CCN(c2nc(OC[C@@H]3CCCN3C)nc3c2CCN(c2cccc4cccc(Cl)c24)C3)C[C@@H]1CC#N. The molecule has 1 aromatic heterocycles. The van der Waals surface area contributed by atoms with Crippen LogP contribution < -0.4 is 14.5 Å². The fourth-order valence-electron chi connectivity index (χ4n) is 6.69. The van der Waals surface area contributed by atoms with Gasteiger partial charge in [-0.05, 0) is 50.4 Å². The lowest BCUT2D eigenvalue weighted by Gasteiger charge is -2.43. The maximum atomic E-state index is 13.1. The standard InChI is InChI=1S/C32H33B3ClN7O2/c1-40-13-4-7-22(40)19-45-32-38-25-18-41(26-9-3-6-20-5-2-8-24(36)27(20)26)14-11-23(25)30(39-32)42-15-16-43(21(17-42)10-12-37)31(44)28(33)29(34)35/h2-3,5-6,8-9,21-22H,4,7,10-11,13-19H2,1H3/t21-,22-/m0/s1. The van der Waals surface area contributed by atoms with Gasteiger partial charge in [0.2, 0.25) is 5.91 Å². The number of amides is 1. The van der Waals surface area contributed by atoms with Gasteiger partial charge in [-0.1, -0.05) is 41.3 Å². The molecule has 2 saturated heterocycles. The zero-order valence-electron chi connectivity index (χ0n) is 25.5. The summed E-state index contributed by atoms with van der Waals surface area (Å²) in [6.45, 7) is 4.08. The van der Waals surface area contributed by atoms with E-state index < -0.39 is 11.9 Å². The number of rotatable bonds is 7. The number of hydrogen-bond donors (Lipinski definition) is 0. The topological polar surface area (TPSA) is 88.8 Å². The molecule has 6 rings (SSSR count). The first-order valence-corrected chi connectivity index (χ1v) is 15.7. The van der Waals surface area contributed by atoms with Crippen molar-refractivity contribution in [2.24, 2.45) is 0 Å². The van der Waals surface area contributed by atoms with Crippen LogP contribution in [0.4, 0.5) is 11.5 Å². The minimum atomic E-state index is -0.464. The van der Waals surface area contributed by atoms with Crippen LogP contribution in [0, 0.1) is 11.3 Å². The van der Waals surface area contributed by atoms with Crippen molar-refractivity contribution in [2.45, 2.75) is 44.3 Å². The molecule has 224 valence electrons. The van der Waals surface area contributed by atoms with E-state index >= 15 is 0 Å². The van der Waals surface area contributed by atoms with Crippen molar-refractivity contribution >= 4 is 63.3 Å². The van der Waals surface area contributed by atoms with E-state index in [9.17, 15) is 10.1 Å². The second-order valence-electron chi connectivity index (χ2n) is 12.0. The van der Waals surface area contributed by atoms with Crippen LogP contribution in [0.1, 0.15) is 30.5 Å². The maximum absolute atomic E-state index is 13.1. The third-order valence-corrected chi connectivity index (χ3v) is 9.50. The highest BCUT2D eigenvalue weighted by molar-refractivity contribution is 6.55. The lowest BCUT2D eigenvalue weighted by Crippen LogP contribution is -2.56. The van der Waals surface area contributed by atoms with Crippen molar-refractivity contribution in [3.63, 3.8) is 0 Å². The summed E-state index contributed by atoms with van der Waals surface area (Å²) in [5, 5.41) is 12.2. The Kier molecular flexibility index (Phi) is 9.30. The van der Waals surface area contributed by atoms with Crippen molar-refractivity contribution in [1.82, 2.24) is 19.8 Å². The van der Waals surface area contributed by atoms with Crippen LogP contribution in [0.3, 0.4) is 0 Å². The Balaban J connectivity index is 1.33. The predicted octanol–water partition coefficient (Wildman–Crippen LogP) is 2.92. The van der Waals surface area contributed by atoms with Gasteiger partial charge in [0.05, 0.1) is 51.5 Å². The summed E-state index contributed by atoms with van der Waals surface area (Å²) in [4.78, 5) is 31.3. The monoisotopic (exact) mass is 615 g/mol. The molecule has 13 heteroatoms. The molecule has 4 heterocycles. The van der Waals surface area contributed by atoms with Crippen LogP contribution in [-0.2, 0) is 17.8 Å². The quantitative estimate of drug-likeness (QED) is 0.296. The third kappa shape index (κ3) is 6.38. The minimum absolute atomic E-state index is 0.125. The fraction of sp³-hybridized carbons (Fsp3) is 0.438. The van der Waals surface area contributed by atoms with E-state index in [1.807, 2.05) is 12.1 Å². The number of hydrogen-bond acceptors (Lipinski definition) is 8. The molecule has 9 nitrogen and oxygen atoms in total. The molecule has 3 aromatic rings. The summed E-state index contributed by atoms with van der Waals surface area (Å²) in [6.07, 6.45) is 3.04. The smallest absolute Gasteiger partial charge is 0.318 e. The Morgan fingerprint density at radius 1 is 1.07 bits per heavy atom. The van der Waals surface area contributed by atoms with Gasteiger partial charge in [-0.3, -0.25) is 4.79 Å². The van der Waals surface area contributed by atoms with Crippen LogP contribution in [0.5, 0.6) is 6.01 Å². The number of carbonyl (C=O) groups is 1. The van der Waals surface area contributed by atoms with E-state index in [-0.39, 0.29) is 17.3 Å². The molecule has 6 radical (unpaired) electrons. The van der Waals surface area contributed by atoms with E-state index in [2.05, 4.69) is 52.1 Å². The number of ether oxygens (including phenoxy) is 1. The average Bonchev–Trinajstić information content (AvgIpc) is 3.46. The van der Waals surface area contributed by atoms with E-state index in [1.54, 1.807) is 4.90 Å². The highest BCUT2D eigenvalue weighted by atomic mass is 35.5. The van der Waals surface area contributed by atoms with Crippen molar-refractivity contribution < 1.29 is 9.53 Å². The molecule has 2 fully saturated rings. The van der Waals surface area contributed by atoms with E-state index in [0.717, 1.165) is 59.5 Å². The molecule has 0 unspecified atom stereocenters. The molecule has 1 amide bonds. The maximum Gasteiger partial charge on any atom is 0.318 e. The summed E-state index contributed by atoms with van der Waals surface area (Å²) in [7, 11) is 19.2. The minimum Gasteiger partial charge on any atom is -0.462 e. The number of benzene rings is 2. The average molecular weight is 616 g/mol. The number of nitrogens with zero attached hydrogens (tertiary/aromatic N) is 7. The normalized spacial score (nSPS) is 20.2. The number of nitriles is 1. The van der Waals surface area contributed by atoms with Gasteiger partial charge >= 0.3 is 6.01 Å². The van der Waals surface area contributed by atoms with Gasteiger partial charge in [0.1, 0.15) is 20.3 Å². The van der Waals surface area contributed by atoms with Crippen LogP contribution in [0.2, 0.25) is 5.02 Å².